The van der Waals surface area contributed by atoms with Crippen LogP contribution in [0, 0.1) is 13.8 Å². The molecule has 5 N–H and O–H groups in total. The van der Waals surface area contributed by atoms with Gasteiger partial charge >= 0.3 is 0 Å². The average Bonchev–Trinajstić information content (AvgIpc) is 3.79. The van der Waals surface area contributed by atoms with Gasteiger partial charge in [-0.15, -0.1) is 22.7 Å². The number of pyridine rings is 2. The van der Waals surface area contributed by atoms with Crippen LogP contribution in [0.3, 0.4) is 0 Å². The predicted octanol–water partition coefficient (Wildman–Crippen LogP) is 8.74. The molecule has 0 saturated carbocycles. The van der Waals surface area contributed by atoms with Crippen LogP contribution in [-0.2, 0) is 0 Å². The fourth-order valence-corrected chi connectivity index (χ4v) is 6.55. The molecular weight excluding hydrogens is 779 g/mol. The Morgan fingerprint density at radius 1 is 0.717 bits per heavy atom. The number of carbonyl (C=O) groups is 2. The van der Waals surface area contributed by atoms with E-state index in [1.165, 1.54) is 25.5 Å². The van der Waals surface area contributed by atoms with E-state index in [0.717, 1.165) is 32.5 Å². The second kappa shape index (κ2) is 19.2. The number of hydrogen-bond acceptors (Lipinski definition) is 12. The van der Waals surface area contributed by atoms with Gasteiger partial charge in [0.2, 0.25) is 0 Å². The topological polar surface area (TPSA) is 166 Å². The smallest absolute Gasteiger partial charge is 0.254 e. The number of thiazole rings is 2. The van der Waals surface area contributed by atoms with Crippen LogP contribution in [0.25, 0.3) is 22.5 Å². The van der Waals surface area contributed by atoms with Crippen LogP contribution < -0.4 is 31.2 Å². The number of halogens is 3. The third-order valence-corrected chi connectivity index (χ3v) is 9.44. The lowest BCUT2D eigenvalue weighted by atomic mass is 10.1. The molecule has 6 rings (SSSR count). The zero-order chi connectivity index (χ0) is 38.7. The van der Waals surface area contributed by atoms with Gasteiger partial charge in [-0.25, -0.2) is 19.9 Å². The highest BCUT2D eigenvalue weighted by molar-refractivity contribution is 7.10. The molecule has 0 aliphatic carbocycles. The molecule has 4 aromatic heterocycles. The van der Waals surface area contributed by atoms with Gasteiger partial charge in [0, 0.05) is 48.4 Å². The van der Waals surface area contributed by atoms with Crippen molar-refractivity contribution in [3.8, 4) is 34.0 Å². The van der Waals surface area contributed by atoms with Gasteiger partial charge in [0.25, 0.3) is 11.8 Å². The first kappa shape index (κ1) is 40.8. The summed E-state index contributed by atoms with van der Waals surface area (Å²) in [6.07, 6.45) is 2.77. The first-order valence-electron chi connectivity index (χ1n) is 15.5. The first-order valence-corrected chi connectivity index (χ1v) is 18.4. The molecule has 53 heavy (non-hydrogen) atoms. The summed E-state index contributed by atoms with van der Waals surface area (Å²) < 4.78 is 10.9. The maximum absolute atomic E-state index is 12.1. The minimum Gasteiger partial charge on any atom is -0.494 e. The van der Waals surface area contributed by atoms with E-state index < -0.39 is 0 Å². The van der Waals surface area contributed by atoms with Crippen LogP contribution in [0.5, 0.6) is 11.5 Å². The average molecular weight is 814 g/mol. The quantitative estimate of drug-likeness (QED) is 0.0862. The molecule has 0 aliphatic rings. The maximum atomic E-state index is 12.1. The number of rotatable bonds is 8. The summed E-state index contributed by atoms with van der Waals surface area (Å²) in [7, 11) is 6.30. The molecule has 0 unspecified atom stereocenters. The summed E-state index contributed by atoms with van der Waals surface area (Å²) in [5, 5.41) is 15.1. The van der Waals surface area contributed by atoms with Gasteiger partial charge in [-0.3, -0.25) is 9.59 Å². The lowest BCUT2D eigenvalue weighted by molar-refractivity contribution is 0.0955. The molecule has 0 aliphatic heterocycles. The second-order valence-corrected chi connectivity index (χ2v) is 13.9. The number of para-hydroxylation sites is 2. The molecule has 4 heterocycles. The van der Waals surface area contributed by atoms with Crippen LogP contribution in [0.1, 0.15) is 30.7 Å². The van der Waals surface area contributed by atoms with Crippen LogP contribution in [0.2, 0.25) is 15.3 Å². The largest absolute Gasteiger partial charge is 0.494 e. The summed E-state index contributed by atoms with van der Waals surface area (Å²) in [5.74, 6) is 0.794. The van der Waals surface area contributed by atoms with E-state index in [-0.39, 0.29) is 22.1 Å². The summed E-state index contributed by atoms with van der Waals surface area (Å²) >= 11 is 20.5. The summed E-state index contributed by atoms with van der Waals surface area (Å²) in [4.78, 5) is 39.8. The van der Waals surface area contributed by atoms with Gasteiger partial charge in [0.05, 0.1) is 68.8 Å². The number of amides is 2. The minimum atomic E-state index is -0.274. The number of aromatic nitrogens is 4. The van der Waals surface area contributed by atoms with Crippen molar-refractivity contribution in [3.63, 3.8) is 0 Å². The number of methoxy groups -OCH3 is 2. The van der Waals surface area contributed by atoms with Gasteiger partial charge in [-0.1, -0.05) is 46.9 Å². The zero-order valence-electron chi connectivity index (χ0n) is 29.4. The Hall–Kier alpha value is -4.99. The molecule has 0 atom stereocenters. The van der Waals surface area contributed by atoms with Crippen molar-refractivity contribution in [2.45, 2.75) is 13.8 Å². The van der Waals surface area contributed by atoms with Crippen LogP contribution in [0.15, 0.2) is 71.7 Å². The maximum Gasteiger partial charge on any atom is 0.254 e. The Bertz CT molecular complexity index is 2210. The van der Waals surface area contributed by atoms with E-state index in [2.05, 4.69) is 35.9 Å². The van der Waals surface area contributed by atoms with Crippen molar-refractivity contribution in [1.29, 1.82) is 0 Å². The van der Waals surface area contributed by atoms with Crippen LogP contribution in [-0.4, -0.2) is 60.1 Å². The monoisotopic (exact) mass is 812 g/mol. The highest BCUT2D eigenvalue weighted by Gasteiger charge is 2.17. The number of nitrogens with one attached hydrogen (secondary N) is 3. The molecule has 0 fully saturated rings. The fourth-order valence-electron chi connectivity index (χ4n) is 4.72. The van der Waals surface area contributed by atoms with Crippen LogP contribution >= 0.6 is 57.5 Å². The molecule has 2 aromatic carbocycles. The van der Waals surface area contributed by atoms with Gasteiger partial charge in [0.1, 0.15) is 10.3 Å². The molecule has 0 spiro atoms. The number of hydrogen-bond donors (Lipinski definition) is 4. The SMILES string of the molecule is CNC(=O)c1cnc(Cl)cc1Cl.CNC(=O)c1cnc(Cl)cc1Nc1cccc(-c2csc(C)n2)c1OC.COc1c(N)cccc1-c1csc(C)n1. The first-order chi connectivity index (χ1) is 25.4. The van der Waals surface area contributed by atoms with Gasteiger partial charge in [-0.05, 0) is 50.2 Å². The molecule has 276 valence electrons. The molecular formula is C36H35Cl3N8O4S2. The molecule has 12 nitrogen and oxygen atoms in total. The van der Waals surface area contributed by atoms with Gasteiger partial charge < -0.3 is 31.2 Å². The standard InChI is InChI=1S/C18H17ClN4O2S.C11H12N2OS.C7H6Cl2N2O/c1-10-22-15(9-26-10)11-5-4-6-13(17(11)25-3)23-14-7-16(19)21-8-12(14)18(24)20-2;1-7-13-10(6-15-7)8-4-3-5-9(12)11(8)14-2;1-10-7(12)4-3-11-6(9)2-5(4)8/h4-9H,1-3H3,(H,20,24)(H,21,23);3-6H,12H2,1-2H3;2-3H,1H3,(H,10,12). The molecule has 6 aromatic rings. The van der Waals surface area contributed by atoms with E-state index in [1.807, 2.05) is 61.0 Å². The Labute approximate surface area is 329 Å². The summed E-state index contributed by atoms with van der Waals surface area (Å²) in [6.45, 7) is 3.93. The Kier molecular flexibility index (Phi) is 14.8. The number of anilines is 3. The van der Waals surface area contributed by atoms with E-state index >= 15 is 0 Å². The van der Waals surface area contributed by atoms with E-state index in [1.54, 1.807) is 50.0 Å². The van der Waals surface area contributed by atoms with Gasteiger partial charge in [0.15, 0.2) is 11.5 Å². The zero-order valence-corrected chi connectivity index (χ0v) is 33.3. The third kappa shape index (κ3) is 10.6. The van der Waals surface area contributed by atoms with Gasteiger partial charge in [-0.2, -0.15) is 0 Å². The highest BCUT2D eigenvalue weighted by Crippen LogP contribution is 2.39. The Morgan fingerprint density at radius 3 is 1.74 bits per heavy atom. The van der Waals surface area contributed by atoms with E-state index in [9.17, 15) is 9.59 Å². The van der Waals surface area contributed by atoms with Crippen molar-refractivity contribution >= 4 is 86.4 Å². The van der Waals surface area contributed by atoms with Crippen molar-refractivity contribution in [2.75, 3.05) is 39.4 Å². The molecule has 2 amide bonds. The number of nitrogens with zero attached hydrogens (tertiary/aromatic N) is 4. The number of ether oxygens (including phenoxy) is 2. The number of benzene rings is 2. The lowest BCUT2D eigenvalue weighted by Crippen LogP contribution is -2.19. The third-order valence-electron chi connectivity index (χ3n) is 7.16. The lowest BCUT2D eigenvalue weighted by Gasteiger charge is -2.16. The minimum absolute atomic E-state index is 0.262. The van der Waals surface area contributed by atoms with Crippen molar-refractivity contribution in [2.24, 2.45) is 0 Å². The number of nitrogen functional groups attached to an aromatic ring is 1. The number of aryl methyl sites for hydroxylation is 2. The molecule has 0 radical (unpaired) electrons. The Morgan fingerprint density at radius 2 is 1.23 bits per heavy atom. The van der Waals surface area contributed by atoms with E-state index in [0.29, 0.717) is 44.7 Å². The summed E-state index contributed by atoms with van der Waals surface area (Å²) in [6, 6.07) is 14.4. The van der Waals surface area contributed by atoms with Crippen molar-refractivity contribution < 1.29 is 19.1 Å². The van der Waals surface area contributed by atoms with E-state index in [4.69, 9.17) is 50.0 Å². The molecule has 17 heteroatoms. The highest BCUT2D eigenvalue weighted by atomic mass is 35.5. The molecule has 0 bridgehead atoms. The Balaban J connectivity index is 0.000000196. The number of nitrogens with two attached hydrogens (primary N) is 1. The fraction of sp³-hybridized carbons (Fsp3) is 0.167. The van der Waals surface area contributed by atoms with Crippen LogP contribution in [0.4, 0.5) is 17.1 Å². The van der Waals surface area contributed by atoms with Crippen molar-refractivity contribution in [3.05, 3.63) is 108 Å². The normalized spacial score (nSPS) is 10.2. The predicted molar refractivity (Wildman–Crippen MR) is 216 cm³/mol. The second-order valence-electron chi connectivity index (χ2n) is 10.6. The van der Waals surface area contributed by atoms with Crippen molar-refractivity contribution in [1.82, 2.24) is 30.6 Å². The summed E-state index contributed by atoms with van der Waals surface area (Å²) in [5.41, 5.74) is 12.0. The molecule has 0 saturated heterocycles. The number of carbonyl (C=O) groups excluding carboxylic acids is 2.